The van der Waals surface area contributed by atoms with E-state index in [0.717, 1.165) is 12.8 Å². The van der Waals surface area contributed by atoms with Gasteiger partial charge < -0.3 is 5.32 Å². The molecule has 0 fully saturated rings. The predicted molar refractivity (Wildman–Crippen MR) is 85.7 cm³/mol. The third-order valence-corrected chi connectivity index (χ3v) is 4.14. The maximum atomic E-state index is 12.1. The fourth-order valence-corrected chi connectivity index (χ4v) is 2.97. The largest absolute Gasteiger partial charge is 0.349 e. The topological polar surface area (TPSA) is 46.2 Å². The fourth-order valence-electron chi connectivity index (χ4n) is 2.97. The van der Waals surface area contributed by atoms with Gasteiger partial charge >= 0.3 is 0 Å². The molecule has 3 nitrogen and oxygen atoms in total. The molecular weight excluding hydrogens is 274 g/mol. The molecule has 1 aliphatic carbocycles. The molecular formula is C19H19NO2. The summed E-state index contributed by atoms with van der Waals surface area (Å²) < 4.78 is 0. The van der Waals surface area contributed by atoms with E-state index in [1.807, 2.05) is 30.3 Å². The van der Waals surface area contributed by atoms with Crippen LogP contribution in [0.15, 0.2) is 54.6 Å². The second kappa shape index (κ2) is 6.56. The molecule has 0 spiro atoms. The number of nitrogens with one attached hydrogen (secondary N) is 1. The number of hydrogen-bond acceptors (Lipinski definition) is 2. The monoisotopic (exact) mass is 293 g/mol. The summed E-state index contributed by atoms with van der Waals surface area (Å²) in [6.45, 7) is 0. The van der Waals surface area contributed by atoms with Crippen LogP contribution in [0.4, 0.5) is 0 Å². The SMILES string of the molecule is O=C(CCC(=O)c1ccccc1)N[C@@H]1CCc2ccccc21. The molecule has 3 rings (SSSR count). The molecule has 0 unspecified atom stereocenters. The van der Waals surface area contributed by atoms with E-state index in [-0.39, 0.29) is 30.6 Å². The zero-order valence-corrected chi connectivity index (χ0v) is 12.4. The van der Waals surface area contributed by atoms with Gasteiger partial charge in [0.05, 0.1) is 6.04 Å². The third-order valence-electron chi connectivity index (χ3n) is 4.14. The Kier molecular flexibility index (Phi) is 4.33. The molecule has 2 aromatic carbocycles. The van der Waals surface area contributed by atoms with Crippen molar-refractivity contribution in [1.82, 2.24) is 5.32 Å². The minimum atomic E-state index is -0.0500. The van der Waals surface area contributed by atoms with E-state index in [4.69, 9.17) is 0 Å². The summed E-state index contributed by atoms with van der Waals surface area (Å²) in [5.41, 5.74) is 3.19. The highest BCUT2D eigenvalue weighted by molar-refractivity contribution is 5.97. The molecule has 0 heterocycles. The lowest BCUT2D eigenvalue weighted by atomic mass is 10.1. The van der Waals surface area contributed by atoms with Crippen LogP contribution in [0.5, 0.6) is 0 Å². The Morgan fingerprint density at radius 3 is 2.50 bits per heavy atom. The average Bonchev–Trinajstić information content (AvgIpc) is 2.97. The number of Topliss-reactive ketones (excluding diaryl/α,β-unsaturated/α-hetero) is 1. The van der Waals surface area contributed by atoms with E-state index in [1.54, 1.807) is 12.1 Å². The van der Waals surface area contributed by atoms with Crippen molar-refractivity contribution in [2.45, 2.75) is 31.7 Å². The number of aryl methyl sites for hydroxylation is 1. The van der Waals surface area contributed by atoms with E-state index in [1.165, 1.54) is 11.1 Å². The maximum absolute atomic E-state index is 12.1. The zero-order chi connectivity index (χ0) is 15.4. The highest BCUT2D eigenvalue weighted by Gasteiger charge is 2.23. The van der Waals surface area contributed by atoms with Crippen LogP contribution in [0.1, 0.15) is 46.8 Å². The molecule has 112 valence electrons. The van der Waals surface area contributed by atoms with Gasteiger partial charge in [-0.1, -0.05) is 54.6 Å². The normalized spacial score (nSPS) is 16.1. The van der Waals surface area contributed by atoms with E-state index in [2.05, 4.69) is 17.4 Å². The summed E-state index contributed by atoms with van der Waals surface area (Å²) in [5, 5.41) is 3.05. The lowest BCUT2D eigenvalue weighted by Crippen LogP contribution is -2.27. The van der Waals surface area contributed by atoms with Gasteiger partial charge in [-0.15, -0.1) is 0 Å². The molecule has 0 radical (unpaired) electrons. The Labute approximate surface area is 130 Å². The Hall–Kier alpha value is -2.42. The van der Waals surface area contributed by atoms with E-state index in [9.17, 15) is 9.59 Å². The van der Waals surface area contributed by atoms with Crippen molar-refractivity contribution in [1.29, 1.82) is 0 Å². The molecule has 0 bridgehead atoms. The van der Waals surface area contributed by atoms with Gasteiger partial charge in [0.1, 0.15) is 0 Å². The van der Waals surface area contributed by atoms with Crippen LogP contribution in [-0.4, -0.2) is 11.7 Å². The molecule has 0 aromatic heterocycles. The standard InChI is InChI=1S/C19H19NO2/c21-18(15-7-2-1-3-8-15)12-13-19(22)20-17-11-10-14-6-4-5-9-16(14)17/h1-9,17H,10-13H2,(H,20,22)/t17-/m1/s1. The van der Waals surface area contributed by atoms with Gasteiger partial charge in [0.2, 0.25) is 5.91 Å². The Balaban J connectivity index is 1.53. The molecule has 1 N–H and O–H groups in total. The van der Waals surface area contributed by atoms with Crippen molar-refractivity contribution < 1.29 is 9.59 Å². The minimum absolute atomic E-state index is 0.0163. The number of amides is 1. The highest BCUT2D eigenvalue weighted by atomic mass is 16.2. The number of carbonyl (C=O) groups is 2. The summed E-state index contributed by atoms with van der Waals surface area (Å²) in [4.78, 5) is 24.1. The second-order valence-corrected chi connectivity index (χ2v) is 5.65. The summed E-state index contributed by atoms with van der Waals surface area (Å²) in [5.74, 6) is -0.0337. The first-order valence-electron chi connectivity index (χ1n) is 7.69. The molecule has 2 aromatic rings. The van der Waals surface area contributed by atoms with Crippen LogP contribution < -0.4 is 5.32 Å². The maximum Gasteiger partial charge on any atom is 0.220 e. The predicted octanol–water partition coefficient (Wildman–Crippen LogP) is 3.45. The van der Waals surface area contributed by atoms with Crippen LogP contribution in [0.25, 0.3) is 0 Å². The molecule has 1 atom stereocenters. The number of rotatable bonds is 5. The van der Waals surface area contributed by atoms with Gasteiger partial charge in [0, 0.05) is 18.4 Å². The van der Waals surface area contributed by atoms with Crippen molar-refractivity contribution >= 4 is 11.7 Å². The third kappa shape index (κ3) is 3.25. The van der Waals surface area contributed by atoms with Crippen LogP contribution in [-0.2, 0) is 11.2 Å². The highest BCUT2D eigenvalue weighted by Crippen LogP contribution is 2.30. The number of benzene rings is 2. The summed E-state index contributed by atoms with van der Waals surface area (Å²) in [6, 6.07) is 17.4. The number of ketones is 1. The molecule has 1 aliphatic rings. The molecule has 0 saturated heterocycles. The Morgan fingerprint density at radius 2 is 1.68 bits per heavy atom. The number of hydrogen-bond donors (Lipinski definition) is 1. The van der Waals surface area contributed by atoms with E-state index >= 15 is 0 Å². The molecule has 22 heavy (non-hydrogen) atoms. The minimum Gasteiger partial charge on any atom is -0.349 e. The Morgan fingerprint density at radius 1 is 0.955 bits per heavy atom. The van der Waals surface area contributed by atoms with Crippen LogP contribution >= 0.6 is 0 Å². The smallest absolute Gasteiger partial charge is 0.220 e. The van der Waals surface area contributed by atoms with Gasteiger partial charge in [0.25, 0.3) is 0 Å². The number of carbonyl (C=O) groups excluding carboxylic acids is 2. The number of fused-ring (bicyclic) bond motifs is 1. The van der Waals surface area contributed by atoms with Crippen molar-refractivity contribution in [2.75, 3.05) is 0 Å². The van der Waals surface area contributed by atoms with E-state index < -0.39 is 0 Å². The Bertz CT molecular complexity index is 679. The lowest BCUT2D eigenvalue weighted by molar-refractivity contribution is -0.121. The zero-order valence-electron chi connectivity index (χ0n) is 12.4. The second-order valence-electron chi connectivity index (χ2n) is 5.65. The van der Waals surface area contributed by atoms with Crippen molar-refractivity contribution in [3.63, 3.8) is 0 Å². The van der Waals surface area contributed by atoms with Crippen LogP contribution in [0, 0.1) is 0 Å². The molecule has 0 aliphatic heterocycles. The lowest BCUT2D eigenvalue weighted by Gasteiger charge is -2.14. The van der Waals surface area contributed by atoms with Gasteiger partial charge in [0.15, 0.2) is 5.78 Å². The summed E-state index contributed by atoms with van der Waals surface area (Å²) >= 11 is 0. The van der Waals surface area contributed by atoms with Gasteiger partial charge in [-0.25, -0.2) is 0 Å². The van der Waals surface area contributed by atoms with Crippen LogP contribution in [0.2, 0.25) is 0 Å². The van der Waals surface area contributed by atoms with Gasteiger partial charge in [-0.05, 0) is 24.0 Å². The summed E-state index contributed by atoms with van der Waals surface area (Å²) in [6.07, 6.45) is 2.44. The summed E-state index contributed by atoms with van der Waals surface area (Å²) in [7, 11) is 0. The average molecular weight is 293 g/mol. The molecule has 1 amide bonds. The first-order chi connectivity index (χ1) is 10.7. The molecule has 0 saturated carbocycles. The first kappa shape index (κ1) is 14.5. The van der Waals surface area contributed by atoms with Gasteiger partial charge in [-0.2, -0.15) is 0 Å². The van der Waals surface area contributed by atoms with E-state index in [0.29, 0.717) is 5.56 Å². The first-order valence-corrected chi connectivity index (χ1v) is 7.69. The van der Waals surface area contributed by atoms with Crippen LogP contribution in [0.3, 0.4) is 0 Å². The molecule has 3 heteroatoms. The van der Waals surface area contributed by atoms with Crippen molar-refractivity contribution in [3.05, 3.63) is 71.3 Å². The van der Waals surface area contributed by atoms with Gasteiger partial charge in [-0.3, -0.25) is 9.59 Å². The van der Waals surface area contributed by atoms with Crippen molar-refractivity contribution in [2.24, 2.45) is 0 Å². The van der Waals surface area contributed by atoms with Crippen molar-refractivity contribution in [3.8, 4) is 0 Å². The quantitative estimate of drug-likeness (QED) is 0.858. The fraction of sp³-hybridized carbons (Fsp3) is 0.263.